The monoisotopic (exact) mass is 342 g/mol. The maximum atomic E-state index is 12.7. The van der Waals surface area contributed by atoms with Crippen LogP contribution in [-0.4, -0.2) is 59.4 Å². The Hall–Kier alpha value is -2.57. The first-order chi connectivity index (χ1) is 12.1. The Bertz CT molecular complexity index is 712. The minimum Gasteiger partial charge on any atom is -0.336 e. The first kappa shape index (κ1) is 15.9. The van der Waals surface area contributed by atoms with Gasteiger partial charge < -0.3 is 20.4 Å². The third-order valence-electron chi connectivity index (χ3n) is 4.81. The van der Waals surface area contributed by atoms with E-state index in [0.29, 0.717) is 30.4 Å². The number of carbonyl (C=O) groups is 3. The van der Waals surface area contributed by atoms with Crippen LogP contribution < -0.4 is 10.6 Å². The quantitative estimate of drug-likeness (QED) is 0.868. The molecule has 0 unspecified atom stereocenters. The molecule has 2 aliphatic carbocycles. The van der Waals surface area contributed by atoms with Crippen LogP contribution in [0, 0.1) is 0 Å². The van der Waals surface area contributed by atoms with Gasteiger partial charge in [0.2, 0.25) is 5.91 Å². The molecule has 1 aliphatic heterocycles. The van der Waals surface area contributed by atoms with Crippen LogP contribution >= 0.6 is 0 Å². The molecule has 0 bridgehead atoms. The van der Waals surface area contributed by atoms with E-state index in [1.54, 1.807) is 29.2 Å². The molecule has 7 nitrogen and oxygen atoms in total. The molecule has 1 aromatic carbocycles. The minimum absolute atomic E-state index is 0.0280. The highest BCUT2D eigenvalue weighted by Gasteiger charge is 2.36. The summed E-state index contributed by atoms with van der Waals surface area (Å²) < 4.78 is 0. The topological polar surface area (TPSA) is 81.8 Å². The van der Waals surface area contributed by atoms with Gasteiger partial charge in [0.25, 0.3) is 5.91 Å². The lowest BCUT2D eigenvalue weighted by Gasteiger charge is -2.34. The number of benzene rings is 1. The molecule has 2 saturated carbocycles. The standard InChI is InChI=1S/C18H22N4O3/c23-16-11-21(8-9-22(16)15-6-7-15)17(24)12-2-1-3-14(10-12)20-18(25)19-13-4-5-13/h1-3,10,13,15H,4-9,11H2,(H2,19,20,25). The third kappa shape index (κ3) is 3.75. The molecule has 3 fully saturated rings. The molecule has 1 aromatic rings. The first-order valence-electron chi connectivity index (χ1n) is 8.86. The van der Waals surface area contributed by atoms with Gasteiger partial charge in [-0.25, -0.2) is 4.79 Å². The van der Waals surface area contributed by atoms with Gasteiger partial charge in [-0.1, -0.05) is 6.07 Å². The van der Waals surface area contributed by atoms with Crippen molar-refractivity contribution in [3.8, 4) is 0 Å². The molecule has 1 heterocycles. The summed E-state index contributed by atoms with van der Waals surface area (Å²) in [7, 11) is 0. The molecular formula is C18H22N4O3. The molecule has 2 N–H and O–H groups in total. The van der Waals surface area contributed by atoms with E-state index in [1.165, 1.54) is 0 Å². The second-order valence-corrected chi connectivity index (χ2v) is 7.00. The summed E-state index contributed by atoms with van der Waals surface area (Å²) in [6.07, 6.45) is 4.20. The number of carbonyl (C=O) groups excluding carboxylic acids is 3. The zero-order valence-electron chi connectivity index (χ0n) is 14.0. The molecule has 7 heteroatoms. The summed E-state index contributed by atoms with van der Waals surface area (Å²) in [4.78, 5) is 40.2. The van der Waals surface area contributed by atoms with Crippen molar-refractivity contribution in [3.05, 3.63) is 29.8 Å². The van der Waals surface area contributed by atoms with Crippen molar-refractivity contribution in [2.75, 3.05) is 25.0 Å². The van der Waals surface area contributed by atoms with E-state index >= 15 is 0 Å². The van der Waals surface area contributed by atoms with Gasteiger partial charge in [-0.05, 0) is 43.9 Å². The summed E-state index contributed by atoms with van der Waals surface area (Å²) in [6, 6.07) is 7.28. The molecule has 4 rings (SSSR count). The van der Waals surface area contributed by atoms with E-state index in [9.17, 15) is 14.4 Å². The predicted octanol–water partition coefficient (Wildman–Crippen LogP) is 1.42. The summed E-state index contributed by atoms with van der Waals surface area (Å²) in [5.41, 5.74) is 1.06. The lowest BCUT2D eigenvalue weighted by molar-refractivity contribution is -0.135. The number of piperazine rings is 1. The number of rotatable bonds is 4. The summed E-state index contributed by atoms with van der Waals surface area (Å²) in [6.45, 7) is 1.30. The van der Waals surface area contributed by atoms with E-state index in [2.05, 4.69) is 10.6 Å². The number of amides is 4. The molecule has 3 aliphatic rings. The number of hydrogen-bond donors (Lipinski definition) is 2. The highest BCUT2D eigenvalue weighted by atomic mass is 16.2. The number of urea groups is 1. The van der Waals surface area contributed by atoms with Crippen LogP contribution in [-0.2, 0) is 4.79 Å². The fourth-order valence-electron chi connectivity index (χ4n) is 3.12. The summed E-state index contributed by atoms with van der Waals surface area (Å²) >= 11 is 0. The van der Waals surface area contributed by atoms with Gasteiger partial charge in [0.1, 0.15) is 6.54 Å². The highest BCUT2D eigenvalue weighted by Crippen LogP contribution is 2.28. The second-order valence-electron chi connectivity index (χ2n) is 7.00. The average Bonchev–Trinajstić information content (AvgIpc) is 3.48. The smallest absolute Gasteiger partial charge is 0.319 e. The Morgan fingerprint density at radius 1 is 1.08 bits per heavy atom. The van der Waals surface area contributed by atoms with Gasteiger partial charge in [-0.15, -0.1) is 0 Å². The zero-order chi connectivity index (χ0) is 17.4. The number of anilines is 1. The normalized spacial score (nSPS) is 20.4. The number of nitrogens with zero attached hydrogens (tertiary/aromatic N) is 2. The molecule has 0 aromatic heterocycles. The third-order valence-corrected chi connectivity index (χ3v) is 4.81. The first-order valence-corrected chi connectivity index (χ1v) is 8.86. The van der Waals surface area contributed by atoms with Crippen molar-refractivity contribution in [2.24, 2.45) is 0 Å². The Balaban J connectivity index is 1.38. The van der Waals surface area contributed by atoms with Crippen LogP contribution in [0.15, 0.2) is 24.3 Å². The van der Waals surface area contributed by atoms with Gasteiger partial charge in [0.05, 0.1) is 0 Å². The van der Waals surface area contributed by atoms with Crippen LogP contribution in [0.2, 0.25) is 0 Å². The van der Waals surface area contributed by atoms with E-state index < -0.39 is 0 Å². The van der Waals surface area contributed by atoms with Gasteiger partial charge in [-0.3, -0.25) is 9.59 Å². The predicted molar refractivity (Wildman–Crippen MR) is 92.3 cm³/mol. The SMILES string of the molecule is O=C(Nc1cccc(C(=O)N2CCN(C3CC3)C(=O)C2)c1)NC1CC1. The van der Waals surface area contributed by atoms with Crippen LogP contribution in [0.5, 0.6) is 0 Å². The van der Waals surface area contributed by atoms with Crippen molar-refractivity contribution in [2.45, 2.75) is 37.8 Å². The summed E-state index contributed by atoms with van der Waals surface area (Å²) in [5, 5.41) is 5.60. The van der Waals surface area contributed by atoms with Crippen LogP contribution in [0.25, 0.3) is 0 Å². The maximum absolute atomic E-state index is 12.7. The molecule has 1 saturated heterocycles. The largest absolute Gasteiger partial charge is 0.336 e. The fourth-order valence-corrected chi connectivity index (χ4v) is 3.12. The Kier molecular flexibility index (Phi) is 4.07. The molecule has 0 radical (unpaired) electrons. The second kappa shape index (κ2) is 6.38. The molecule has 4 amide bonds. The Morgan fingerprint density at radius 2 is 1.88 bits per heavy atom. The fraction of sp³-hybridized carbons (Fsp3) is 0.500. The molecule has 0 atom stereocenters. The lowest BCUT2D eigenvalue weighted by Crippen LogP contribution is -2.52. The van der Waals surface area contributed by atoms with Crippen molar-refractivity contribution in [1.82, 2.24) is 15.1 Å². The van der Waals surface area contributed by atoms with E-state index in [4.69, 9.17) is 0 Å². The minimum atomic E-state index is -0.250. The van der Waals surface area contributed by atoms with Crippen molar-refractivity contribution in [1.29, 1.82) is 0 Å². The van der Waals surface area contributed by atoms with Crippen LogP contribution in [0.1, 0.15) is 36.0 Å². The van der Waals surface area contributed by atoms with E-state index in [-0.39, 0.29) is 30.4 Å². The van der Waals surface area contributed by atoms with Gasteiger partial charge in [0.15, 0.2) is 0 Å². The summed E-state index contributed by atoms with van der Waals surface area (Å²) in [5.74, 6) is -0.143. The highest BCUT2D eigenvalue weighted by molar-refractivity contribution is 5.99. The van der Waals surface area contributed by atoms with Crippen molar-refractivity contribution < 1.29 is 14.4 Å². The van der Waals surface area contributed by atoms with Gasteiger partial charge in [-0.2, -0.15) is 0 Å². The van der Waals surface area contributed by atoms with Crippen molar-refractivity contribution in [3.63, 3.8) is 0 Å². The molecular weight excluding hydrogens is 320 g/mol. The zero-order valence-corrected chi connectivity index (χ0v) is 14.0. The lowest BCUT2D eigenvalue weighted by atomic mass is 10.1. The van der Waals surface area contributed by atoms with Crippen LogP contribution in [0.3, 0.4) is 0 Å². The Morgan fingerprint density at radius 3 is 2.56 bits per heavy atom. The van der Waals surface area contributed by atoms with E-state index in [1.807, 2.05) is 4.90 Å². The van der Waals surface area contributed by atoms with Gasteiger partial charge >= 0.3 is 6.03 Å². The van der Waals surface area contributed by atoms with Crippen LogP contribution in [0.4, 0.5) is 10.5 Å². The molecule has 25 heavy (non-hydrogen) atoms. The number of hydrogen-bond acceptors (Lipinski definition) is 3. The molecule has 132 valence electrons. The van der Waals surface area contributed by atoms with Crippen molar-refractivity contribution >= 4 is 23.5 Å². The molecule has 0 spiro atoms. The number of nitrogens with one attached hydrogen (secondary N) is 2. The maximum Gasteiger partial charge on any atom is 0.319 e. The Labute approximate surface area is 146 Å². The van der Waals surface area contributed by atoms with Gasteiger partial charge in [0, 0.05) is 36.4 Å². The average molecular weight is 342 g/mol. The van der Waals surface area contributed by atoms with E-state index in [0.717, 1.165) is 25.7 Å².